The van der Waals surface area contributed by atoms with Crippen LogP contribution in [0.15, 0.2) is 18.2 Å². The maximum Gasteiger partial charge on any atom is 0.146 e. The standard InChI is InChI=1S/C12H19FN2/c1-3-9(6-7-15-2)10-4-5-12(14)11(13)8-10/h4-5,8-9,15H,3,6-7,14H2,1-2H3. The second-order valence-corrected chi connectivity index (χ2v) is 3.78. The summed E-state index contributed by atoms with van der Waals surface area (Å²) in [6.07, 6.45) is 2.04. The Morgan fingerprint density at radius 2 is 2.20 bits per heavy atom. The quantitative estimate of drug-likeness (QED) is 0.733. The van der Waals surface area contributed by atoms with E-state index in [0.717, 1.165) is 24.9 Å². The third-order valence-electron chi connectivity index (χ3n) is 2.73. The maximum atomic E-state index is 13.3. The van der Waals surface area contributed by atoms with Gasteiger partial charge in [-0.1, -0.05) is 13.0 Å². The molecule has 0 saturated carbocycles. The molecule has 0 aromatic heterocycles. The molecule has 0 saturated heterocycles. The first-order valence-corrected chi connectivity index (χ1v) is 5.38. The van der Waals surface area contributed by atoms with E-state index in [0.29, 0.717) is 5.92 Å². The van der Waals surface area contributed by atoms with E-state index in [4.69, 9.17) is 5.73 Å². The molecule has 3 N–H and O–H groups in total. The second kappa shape index (κ2) is 5.71. The molecule has 1 unspecified atom stereocenters. The van der Waals surface area contributed by atoms with Gasteiger partial charge < -0.3 is 11.1 Å². The molecule has 0 bridgehead atoms. The van der Waals surface area contributed by atoms with E-state index in [9.17, 15) is 4.39 Å². The van der Waals surface area contributed by atoms with Crippen LogP contribution < -0.4 is 11.1 Å². The number of halogens is 1. The molecule has 0 aliphatic rings. The van der Waals surface area contributed by atoms with Gasteiger partial charge in [0, 0.05) is 0 Å². The monoisotopic (exact) mass is 210 g/mol. The Bertz CT molecular complexity index is 312. The van der Waals surface area contributed by atoms with Gasteiger partial charge in [0.2, 0.25) is 0 Å². The number of nitrogens with one attached hydrogen (secondary N) is 1. The van der Waals surface area contributed by atoms with Crippen molar-refractivity contribution in [2.24, 2.45) is 0 Å². The molecule has 1 atom stereocenters. The van der Waals surface area contributed by atoms with Crippen LogP contribution in [0.1, 0.15) is 31.2 Å². The Kier molecular flexibility index (Phi) is 4.56. The Balaban J connectivity index is 2.78. The van der Waals surface area contributed by atoms with E-state index >= 15 is 0 Å². The fourth-order valence-electron chi connectivity index (χ4n) is 1.72. The molecule has 0 heterocycles. The average Bonchev–Trinajstić information content (AvgIpc) is 2.24. The fourth-order valence-corrected chi connectivity index (χ4v) is 1.72. The molecule has 0 amide bonds. The average molecular weight is 210 g/mol. The summed E-state index contributed by atoms with van der Waals surface area (Å²) >= 11 is 0. The lowest BCUT2D eigenvalue weighted by Crippen LogP contribution is -2.12. The normalized spacial score (nSPS) is 12.7. The van der Waals surface area contributed by atoms with Gasteiger partial charge in [0.15, 0.2) is 0 Å². The van der Waals surface area contributed by atoms with E-state index in [2.05, 4.69) is 12.2 Å². The number of benzene rings is 1. The van der Waals surface area contributed by atoms with Crippen LogP contribution in [0, 0.1) is 5.82 Å². The second-order valence-electron chi connectivity index (χ2n) is 3.78. The van der Waals surface area contributed by atoms with Crippen molar-refractivity contribution >= 4 is 5.69 Å². The first-order chi connectivity index (χ1) is 7.19. The predicted molar refractivity (Wildman–Crippen MR) is 62.4 cm³/mol. The minimum atomic E-state index is -0.310. The number of rotatable bonds is 5. The molecule has 0 spiro atoms. The van der Waals surface area contributed by atoms with E-state index in [1.807, 2.05) is 13.1 Å². The number of anilines is 1. The van der Waals surface area contributed by atoms with Crippen LogP contribution in [0.25, 0.3) is 0 Å². The molecule has 1 aromatic carbocycles. The van der Waals surface area contributed by atoms with Crippen molar-refractivity contribution < 1.29 is 4.39 Å². The first-order valence-electron chi connectivity index (χ1n) is 5.38. The lowest BCUT2D eigenvalue weighted by molar-refractivity contribution is 0.572. The molecular weight excluding hydrogens is 191 g/mol. The highest BCUT2D eigenvalue weighted by molar-refractivity contribution is 5.42. The molecule has 15 heavy (non-hydrogen) atoms. The van der Waals surface area contributed by atoms with E-state index in [-0.39, 0.29) is 11.5 Å². The molecular formula is C12H19FN2. The Morgan fingerprint density at radius 1 is 1.47 bits per heavy atom. The lowest BCUT2D eigenvalue weighted by Gasteiger charge is -2.15. The highest BCUT2D eigenvalue weighted by Gasteiger charge is 2.10. The summed E-state index contributed by atoms with van der Waals surface area (Å²) in [5.41, 5.74) is 6.71. The molecule has 1 aromatic rings. The van der Waals surface area contributed by atoms with Crippen molar-refractivity contribution in [1.82, 2.24) is 5.32 Å². The van der Waals surface area contributed by atoms with Crippen LogP contribution in [-0.2, 0) is 0 Å². The van der Waals surface area contributed by atoms with Gasteiger partial charge >= 0.3 is 0 Å². The molecule has 0 fully saturated rings. The van der Waals surface area contributed by atoms with Crippen molar-refractivity contribution in [3.8, 4) is 0 Å². The molecule has 3 heteroatoms. The molecule has 0 aliphatic heterocycles. The van der Waals surface area contributed by atoms with Crippen LogP contribution in [0.5, 0.6) is 0 Å². The van der Waals surface area contributed by atoms with Gasteiger partial charge in [-0.15, -0.1) is 0 Å². The Morgan fingerprint density at radius 3 is 2.73 bits per heavy atom. The highest BCUT2D eigenvalue weighted by Crippen LogP contribution is 2.25. The third-order valence-corrected chi connectivity index (χ3v) is 2.73. The van der Waals surface area contributed by atoms with E-state index in [1.165, 1.54) is 0 Å². The number of hydrogen-bond donors (Lipinski definition) is 2. The van der Waals surface area contributed by atoms with Crippen molar-refractivity contribution in [3.05, 3.63) is 29.6 Å². The molecule has 0 radical (unpaired) electrons. The SMILES string of the molecule is CCC(CCNC)c1ccc(N)c(F)c1. The smallest absolute Gasteiger partial charge is 0.146 e. The van der Waals surface area contributed by atoms with Crippen LogP contribution in [0.3, 0.4) is 0 Å². The van der Waals surface area contributed by atoms with Crippen molar-refractivity contribution in [2.75, 3.05) is 19.3 Å². The van der Waals surface area contributed by atoms with Gasteiger partial charge in [-0.3, -0.25) is 0 Å². The highest BCUT2D eigenvalue weighted by atomic mass is 19.1. The summed E-state index contributed by atoms with van der Waals surface area (Å²) in [5.74, 6) is 0.1000. The van der Waals surface area contributed by atoms with Crippen molar-refractivity contribution in [1.29, 1.82) is 0 Å². The Hall–Kier alpha value is -1.09. The third kappa shape index (κ3) is 3.20. The van der Waals surface area contributed by atoms with Crippen molar-refractivity contribution in [2.45, 2.75) is 25.7 Å². The van der Waals surface area contributed by atoms with Gasteiger partial charge in [-0.2, -0.15) is 0 Å². The predicted octanol–water partition coefficient (Wildman–Crippen LogP) is 2.51. The number of nitrogens with two attached hydrogens (primary N) is 1. The Labute approximate surface area is 90.7 Å². The van der Waals surface area contributed by atoms with Crippen molar-refractivity contribution in [3.63, 3.8) is 0 Å². The summed E-state index contributed by atoms with van der Waals surface area (Å²) in [5, 5.41) is 3.11. The van der Waals surface area contributed by atoms with Gasteiger partial charge in [0.05, 0.1) is 5.69 Å². The van der Waals surface area contributed by atoms with Crippen LogP contribution in [0.2, 0.25) is 0 Å². The van der Waals surface area contributed by atoms with E-state index in [1.54, 1.807) is 12.1 Å². The first kappa shape index (κ1) is 12.0. The number of nitrogen functional groups attached to an aromatic ring is 1. The largest absolute Gasteiger partial charge is 0.396 e. The molecule has 0 aliphatic carbocycles. The zero-order valence-electron chi connectivity index (χ0n) is 9.39. The summed E-state index contributed by atoms with van der Waals surface area (Å²) < 4.78 is 13.3. The number of hydrogen-bond acceptors (Lipinski definition) is 2. The summed E-state index contributed by atoms with van der Waals surface area (Å²) in [4.78, 5) is 0. The lowest BCUT2D eigenvalue weighted by atomic mass is 9.93. The zero-order chi connectivity index (χ0) is 11.3. The van der Waals surface area contributed by atoms with Crippen LogP contribution in [-0.4, -0.2) is 13.6 Å². The molecule has 1 rings (SSSR count). The fraction of sp³-hybridized carbons (Fsp3) is 0.500. The van der Waals surface area contributed by atoms with Gasteiger partial charge in [-0.25, -0.2) is 4.39 Å². The molecule has 84 valence electrons. The van der Waals surface area contributed by atoms with Gasteiger partial charge in [0.25, 0.3) is 0 Å². The van der Waals surface area contributed by atoms with Gasteiger partial charge in [-0.05, 0) is 50.0 Å². The van der Waals surface area contributed by atoms with Crippen LogP contribution in [0.4, 0.5) is 10.1 Å². The summed E-state index contributed by atoms with van der Waals surface area (Å²) in [7, 11) is 1.93. The summed E-state index contributed by atoms with van der Waals surface area (Å²) in [6, 6.07) is 5.12. The summed E-state index contributed by atoms with van der Waals surface area (Å²) in [6.45, 7) is 3.07. The zero-order valence-corrected chi connectivity index (χ0v) is 9.39. The minimum Gasteiger partial charge on any atom is -0.396 e. The minimum absolute atomic E-state index is 0.224. The molecule has 2 nitrogen and oxygen atoms in total. The van der Waals surface area contributed by atoms with Crippen LogP contribution >= 0.6 is 0 Å². The van der Waals surface area contributed by atoms with E-state index < -0.39 is 0 Å². The topological polar surface area (TPSA) is 38.0 Å². The maximum absolute atomic E-state index is 13.3. The van der Waals surface area contributed by atoms with Gasteiger partial charge in [0.1, 0.15) is 5.82 Å².